The Morgan fingerprint density at radius 1 is 0.885 bits per heavy atom. The Morgan fingerprint density at radius 3 is 1.77 bits per heavy atom. The van der Waals surface area contributed by atoms with Crippen molar-refractivity contribution in [3.05, 3.63) is 0 Å². The minimum absolute atomic E-state index is 0.114. The molecule has 8 nitrogen and oxygen atoms in total. The second-order valence-corrected chi connectivity index (χ2v) is 7.35. The van der Waals surface area contributed by atoms with E-state index in [0.29, 0.717) is 32.1 Å². The predicted octanol–water partition coefficient (Wildman–Crippen LogP) is 1.05. The smallest absolute Gasteiger partial charge is 0.326 e. The second-order valence-electron chi connectivity index (χ2n) is 7.35. The van der Waals surface area contributed by atoms with Gasteiger partial charge in [0.25, 0.3) is 0 Å². The summed E-state index contributed by atoms with van der Waals surface area (Å²) < 4.78 is 0. The van der Waals surface area contributed by atoms with Crippen LogP contribution in [0.2, 0.25) is 0 Å². The van der Waals surface area contributed by atoms with Crippen molar-refractivity contribution in [3.8, 4) is 0 Å². The Bertz CT molecular complexity index is 479. The minimum atomic E-state index is -1.10. The van der Waals surface area contributed by atoms with Crippen LogP contribution in [0, 0.1) is 11.8 Å². The molecule has 0 fully saturated rings. The monoisotopic (exact) mass is 371 g/mol. The number of carboxylic acids is 1. The van der Waals surface area contributed by atoms with Crippen LogP contribution in [0.25, 0.3) is 0 Å². The van der Waals surface area contributed by atoms with E-state index in [9.17, 15) is 24.3 Å². The van der Waals surface area contributed by atoms with Crippen molar-refractivity contribution in [2.45, 2.75) is 78.4 Å². The molecule has 0 saturated carbocycles. The number of aliphatic carboxylic acids is 1. The molecule has 0 aromatic heterocycles. The van der Waals surface area contributed by atoms with Gasteiger partial charge in [-0.1, -0.05) is 41.0 Å². The average molecular weight is 371 g/mol. The number of amides is 3. The normalized spacial score (nSPS) is 14.4. The van der Waals surface area contributed by atoms with E-state index >= 15 is 0 Å². The Labute approximate surface area is 155 Å². The lowest BCUT2D eigenvalue weighted by molar-refractivity contribution is -0.142. The molecular formula is C18H33N3O5. The van der Waals surface area contributed by atoms with Gasteiger partial charge in [0.05, 0.1) is 0 Å². The third kappa shape index (κ3) is 9.39. The van der Waals surface area contributed by atoms with Gasteiger partial charge in [-0.15, -0.1) is 0 Å². The van der Waals surface area contributed by atoms with Gasteiger partial charge in [-0.3, -0.25) is 14.4 Å². The second kappa shape index (κ2) is 12.3. The van der Waals surface area contributed by atoms with E-state index in [1.165, 1.54) is 0 Å². The summed E-state index contributed by atoms with van der Waals surface area (Å²) in [6.07, 6.45) is 2.19. The summed E-state index contributed by atoms with van der Waals surface area (Å²) in [5, 5.41) is 16.8. The van der Waals surface area contributed by atoms with Crippen molar-refractivity contribution < 1.29 is 24.3 Å². The molecule has 0 saturated heterocycles. The first-order valence-electron chi connectivity index (χ1n) is 9.15. The van der Waals surface area contributed by atoms with E-state index in [1.807, 2.05) is 34.6 Å². The summed E-state index contributed by atoms with van der Waals surface area (Å²) >= 11 is 0. The van der Waals surface area contributed by atoms with Gasteiger partial charge in [-0.2, -0.15) is 0 Å². The number of carbonyl (C=O) groups is 4. The van der Waals surface area contributed by atoms with Crippen molar-refractivity contribution in [1.29, 1.82) is 0 Å². The Balaban J connectivity index is 5.16. The number of carbonyl (C=O) groups excluding carboxylic acids is 3. The molecule has 150 valence electrons. The van der Waals surface area contributed by atoms with E-state index in [2.05, 4.69) is 16.0 Å². The highest BCUT2D eigenvalue weighted by Gasteiger charge is 2.29. The first-order chi connectivity index (χ1) is 12.1. The molecule has 0 rings (SSSR count). The standard InChI is InChI=1S/C18H33N3O5/c1-6-7-13(18(25)26)20-17(24)15(9-12(4)5)21-16(23)14(19-10-22)8-11(2)3/h10-15H,6-9H2,1-5H3,(H,19,22)(H,20,24)(H,21,23)(H,25,26)/t13-,14-,15-/m0/s1. The maximum absolute atomic E-state index is 12.5. The maximum atomic E-state index is 12.5. The quantitative estimate of drug-likeness (QED) is 0.360. The first kappa shape index (κ1) is 23.9. The van der Waals surface area contributed by atoms with Gasteiger partial charge in [0.1, 0.15) is 18.1 Å². The molecule has 0 spiro atoms. The number of carboxylic acid groups (broad SMARTS) is 1. The third-order valence-electron chi connectivity index (χ3n) is 3.82. The first-order valence-corrected chi connectivity index (χ1v) is 9.15. The zero-order chi connectivity index (χ0) is 20.3. The molecule has 8 heteroatoms. The summed E-state index contributed by atoms with van der Waals surface area (Å²) in [6.45, 7) is 9.49. The molecule has 0 aliphatic heterocycles. The molecule has 0 bridgehead atoms. The molecule has 0 aliphatic carbocycles. The van der Waals surface area contributed by atoms with Crippen LogP contribution >= 0.6 is 0 Å². The van der Waals surface area contributed by atoms with Crippen molar-refractivity contribution in [3.63, 3.8) is 0 Å². The van der Waals surface area contributed by atoms with Crippen LogP contribution in [0.4, 0.5) is 0 Å². The molecule has 0 aliphatic rings. The van der Waals surface area contributed by atoms with Gasteiger partial charge in [0, 0.05) is 0 Å². The lowest BCUT2D eigenvalue weighted by Crippen LogP contribution is -2.55. The molecule has 4 N–H and O–H groups in total. The van der Waals surface area contributed by atoms with Crippen molar-refractivity contribution in [2.24, 2.45) is 11.8 Å². The summed E-state index contributed by atoms with van der Waals surface area (Å²) in [4.78, 5) is 47.0. The van der Waals surface area contributed by atoms with E-state index < -0.39 is 35.9 Å². The zero-order valence-corrected chi connectivity index (χ0v) is 16.4. The molecule has 3 atom stereocenters. The molecule has 0 aromatic rings. The molecule has 0 unspecified atom stereocenters. The van der Waals surface area contributed by atoms with E-state index in [-0.39, 0.29) is 11.8 Å². The van der Waals surface area contributed by atoms with Gasteiger partial charge in [0.15, 0.2) is 0 Å². The molecule has 0 aromatic carbocycles. The van der Waals surface area contributed by atoms with Crippen LogP contribution < -0.4 is 16.0 Å². The van der Waals surface area contributed by atoms with Crippen molar-refractivity contribution in [2.75, 3.05) is 0 Å². The average Bonchev–Trinajstić information content (AvgIpc) is 2.52. The Kier molecular flexibility index (Phi) is 11.3. The lowest BCUT2D eigenvalue weighted by Gasteiger charge is -2.25. The predicted molar refractivity (Wildman–Crippen MR) is 98.3 cm³/mol. The largest absolute Gasteiger partial charge is 0.480 e. The fraction of sp³-hybridized carbons (Fsp3) is 0.778. The van der Waals surface area contributed by atoms with Gasteiger partial charge in [0.2, 0.25) is 18.2 Å². The molecule has 26 heavy (non-hydrogen) atoms. The zero-order valence-electron chi connectivity index (χ0n) is 16.4. The van der Waals surface area contributed by atoms with Gasteiger partial charge < -0.3 is 21.1 Å². The Morgan fingerprint density at radius 2 is 1.35 bits per heavy atom. The topological polar surface area (TPSA) is 125 Å². The number of rotatable bonds is 13. The van der Waals surface area contributed by atoms with Crippen LogP contribution in [0.3, 0.4) is 0 Å². The van der Waals surface area contributed by atoms with Gasteiger partial charge in [-0.25, -0.2) is 4.79 Å². The lowest BCUT2D eigenvalue weighted by atomic mass is 10.00. The molecular weight excluding hydrogens is 338 g/mol. The Hall–Kier alpha value is -2.12. The number of hydrogen-bond donors (Lipinski definition) is 4. The molecule has 3 amide bonds. The van der Waals surface area contributed by atoms with E-state index in [4.69, 9.17) is 0 Å². The maximum Gasteiger partial charge on any atom is 0.326 e. The highest BCUT2D eigenvalue weighted by molar-refractivity contribution is 5.92. The van der Waals surface area contributed by atoms with Crippen LogP contribution in [-0.2, 0) is 19.2 Å². The number of nitrogens with one attached hydrogen (secondary N) is 3. The van der Waals surface area contributed by atoms with Gasteiger partial charge >= 0.3 is 5.97 Å². The SMILES string of the molecule is CCC[C@H](NC(=O)[C@H](CC(C)C)NC(=O)[C@H](CC(C)C)NC=O)C(=O)O. The molecule has 0 heterocycles. The van der Waals surface area contributed by atoms with Crippen molar-refractivity contribution in [1.82, 2.24) is 16.0 Å². The number of hydrogen-bond acceptors (Lipinski definition) is 4. The minimum Gasteiger partial charge on any atom is -0.480 e. The van der Waals surface area contributed by atoms with Crippen LogP contribution in [-0.4, -0.2) is 47.4 Å². The van der Waals surface area contributed by atoms with Crippen LogP contribution in [0.1, 0.15) is 60.3 Å². The summed E-state index contributed by atoms with van der Waals surface area (Å²) in [7, 11) is 0. The fourth-order valence-corrected chi connectivity index (χ4v) is 2.60. The summed E-state index contributed by atoms with van der Waals surface area (Å²) in [5.74, 6) is -1.79. The van der Waals surface area contributed by atoms with Crippen LogP contribution in [0.15, 0.2) is 0 Å². The summed E-state index contributed by atoms with van der Waals surface area (Å²) in [6, 6.07) is -2.58. The summed E-state index contributed by atoms with van der Waals surface area (Å²) in [5.41, 5.74) is 0. The fourth-order valence-electron chi connectivity index (χ4n) is 2.60. The highest BCUT2D eigenvalue weighted by Crippen LogP contribution is 2.09. The van der Waals surface area contributed by atoms with E-state index in [0.717, 1.165) is 0 Å². The van der Waals surface area contributed by atoms with Crippen molar-refractivity contribution >= 4 is 24.2 Å². The molecule has 0 radical (unpaired) electrons. The highest BCUT2D eigenvalue weighted by atomic mass is 16.4. The van der Waals surface area contributed by atoms with Crippen LogP contribution in [0.5, 0.6) is 0 Å². The van der Waals surface area contributed by atoms with Gasteiger partial charge in [-0.05, 0) is 31.1 Å². The third-order valence-corrected chi connectivity index (χ3v) is 3.82. The van der Waals surface area contributed by atoms with E-state index in [1.54, 1.807) is 0 Å².